The van der Waals surface area contributed by atoms with E-state index in [1.807, 2.05) is 0 Å². The summed E-state index contributed by atoms with van der Waals surface area (Å²) in [6.45, 7) is 6.67. The highest BCUT2D eigenvalue weighted by atomic mass is 19.2. The summed E-state index contributed by atoms with van der Waals surface area (Å²) < 4.78 is 27.0. The zero-order chi connectivity index (χ0) is 14.0. The Bertz CT molecular complexity index is 437. The molecular weight excluding hydrogens is 244 g/mol. The van der Waals surface area contributed by atoms with Crippen molar-refractivity contribution in [2.45, 2.75) is 52.5 Å². The molecule has 1 aromatic carbocycles. The molecule has 0 saturated heterocycles. The molecular formula is C16H23F2N. The van der Waals surface area contributed by atoms with Crippen molar-refractivity contribution in [2.24, 2.45) is 11.3 Å². The third kappa shape index (κ3) is 3.26. The van der Waals surface area contributed by atoms with Crippen molar-refractivity contribution >= 4 is 5.69 Å². The van der Waals surface area contributed by atoms with Crippen LogP contribution < -0.4 is 5.32 Å². The van der Waals surface area contributed by atoms with Crippen molar-refractivity contribution in [1.29, 1.82) is 0 Å². The molecule has 0 amide bonds. The number of anilines is 1. The molecule has 19 heavy (non-hydrogen) atoms. The van der Waals surface area contributed by atoms with Gasteiger partial charge in [-0.2, -0.15) is 0 Å². The lowest BCUT2D eigenvalue weighted by atomic mass is 9.69. The monoisotopic (exact) mass is 267 g/mol. The van der Waals surface area contributed by atoms with Crippen LogP contribution in [0.2, 0.25) is 0 Å². The summed E-state index contributed by atoms with van der Waals surface area (Å²) in [7, 11) is 0. The van der Waals surface area contributed by atoms with Crippen molar-refractivity contribution in [3.8, 4) is 0 Å². The van der Waals surface area contributed by atoms with Gasteiger partial charge in [-0.25, -0.2) is 8.78 Å². The van der Waals surface area contributed by atoms with E-state index in [2.05, 4.69) is 26.1 Å². The van der Waals surface area contributed by atoms with E-state index in [0.717, 1.165) is 25.3 Å². The molecule has 1 aliphatic rings. The Balaban J connectivity index is 2.18. The quantitative estimate of drug-likeness (QED) is 0.796. The van der Waals surface area contributed by atoms with Gasteiger partial charge in [-0.1, -0.05) is 39.7 Å². The lowest BCUT2D eigenvalue weighted by molar-refractivity contribution is 0.162. The van der Waals surface area contributed by atoms with E-state index in [1.54, 1.807) is 12.1 Å². The van der Waals surface area contributed by atoms with Gasteiger partial charge in [0, 0.05) is 6.04 Å². The molecule has 2 unspecified atom stereocenters. The summed E-state index contributed by atoms with van der Waals surface area (Å²) in [5.41, 5.74) is 0.475. The van der Waals surface area contributed by atoms with Gasteiger partial charge in [0.25, 0.3) is 0 Å². The number of hydrogen-bond donors (Lipinski definition) is 1. The van der Waals surface area contributed by atoms with Crippen molar-refractivity contribution < 1.29 is 8.78 Å². The Morgan fingerprint density at radius 3 is 2.47 bits per heavy atom. The molecule has 2 rings (SSSR count). The molecule has 1 nitrogen and oxygen atoms in total. The highest BCUT2D eigenvalue weighted by Crippen LogP contribution is 2.39. The summed E-state index contributed by atoms with van der Waals surface area (Å²) in [5.74, 6) is -1.06. The van der Waals surface area contributed by atoms with E-state index < -0.39 is 11.6 Å². The Morgan fingerprint density at radius 2 is 1.79 bits per heavy atom. The van der Waals surface area contributed by atoms with Gasteiger partial charge < -0.3 is 5.32 Å². The predicted molar refractivity (Wildman–Crippen MR) is 75.2 cm³/mol. The first-order chi connectivity index (χ1) is 8.89. The van der Waals surface area contributed by atoms with E-state index in [4.69, 9.17) is 0 Å². The van der Waals surface area contributed by atoms with Gasteiger partial charge in [0.2, 0.25) is 0 Å². The molecule has 1 N–H and O–H groups in total. The maximum Gasteiger partial charge on any atom is 0.181 e. The average molecular weight is 267 g/mol. The van der Waals surface area contributed by atoms with Crippen LogP contribution in [-0.4, -0.2) is 6.04 Å². The topological polar surface area (TPSA) is 12.0 Å². The normalized spacial score (nSPS) is 24.3. The van der Waals surface area contributed by atoms with Crippen LogP contribution in [0.15, 0.2) is 18.2 Å². The molecule has 2 atom stereocenters. The maximum absolute atomic E-state index is 13.7. The molecule has 0 radical (unpaired) electrons. The van der Waals surface area contributed by atoms with Crippen molar-refractivity contribution in [1.82, 2.24) is 0 Å². The highest BCUT2D eigenvalue weighted by Gasteiger charge is 2.34. The lowest BCUT2D eigenvalue weighted by Crippen LogP contribution is -2.40. The fourth-order valence-corrected chi connectivity index (χ4v) is 3.16. The predicted octanol–water partition coefficient (Wildman–Crippen LogP) is 4.98. The van der Waals surface area contributed by atoms with Crippen LogP contribution in [0.5, 0.6) is 0 Å². The number of benzene rings is 1. The first-order valence-corrected chi connectivity index (χ1v) is 7.10. The summed E-state index contributed by atoms with van der Waals surface area (Å²) >= 11 is 0. The largest absolute Gasteiger partial charge is 0.380 e. The van der Waals surface area contributed by atoms with Crippen LogP contribution in [-0.2, 0) is 0 Å². The standard InChI is InChI=1S/C16H23F2N/c1-16(2,3)11-7-4-5-9-13(11)19-14-10-6-8-12(17)15(14)18/h6,8,10-11,13,19H,4-5,7,9H2,1-3H3. The van der Waals surface area contributed by atoms with Gasteiger partial charge in [-0.05, 0) is 36.3 Å². The van der Waals surface area contributed by atoms with Crippen LogP contribution in [0.1, 0.15) is 46.5 Å². The van der Waals surface area contributed by atoms with E-state index in [1.165, 1.54) is 6.42 Å². The maximum atomic E-state index is 13.7. The molecule has 0 aromatic heterocycles. The lowest BCUT2D eigenvalue weighted by Gasteiger charge is -2.41. The Morgan fingerprint density at radius 1 is 1.11 bits per heavy atom. The van der Waals surface area contributed by atoms with Gasteiger partial charge in [0.15, 0.2) is 11.6 Å². The fraction of sp³-hybridized carbons (Fsp3) is 0.625. The van der Waals surface area contributed by atoms with Crippen molar-refractivity contribution in [3.63, 3.8) is 0 Å². The summed E-state index contributed by atoms with van der Waals surface area (Å²) in [6.07, 6.45) is 4.56. The summed E-state index contributed by atoms with van der Waals surface area (Å²) in [5, 5.41) is 3.23. The first-order valence-electron chi connectivity index (χ1n) is 7.10. The third-order valence-electron chi connectivity index (χ3n) is 4.17. The summed E-state index contributed by atoms with van der Waals surface area (Å²) in [6, 6.07) is 4.55. The van der Waals surface area contributed by atoms with Crippen LogP contribution in [0.25, 0.3) is 0 Å². The average Bonchev–Trinajstić information content (AvgIpc) is 2.34. The molecule has 1 fully saturated rings. The molecule has 1 aromatic rings. The van der Waals surface area contributed by atoms with E-state index in [0.29, 0.717) is 11.6 Å². The zero-order valence-corrected chi connectivity index (χ0v) is 12.0. The van der Waals surface area contributed by atoms with E-state index in [-0.39, 0.29) is 11.5 Å². The van der Waals surface area contributed by atoms with E-state index >= 15 is 0 Å². The van der Waals surface area contributed by atoms with Crippen molar-refractivity contribution in [3.05, 3.63) is 29.8 Å². The Hall–Kier alpha value is -1.12. The van der Waals surface area contributed by atoms with Gasteiger partial charge >= 0.3 is 0 Å². The molecule has 0 spiro atoms. The number of rotatable bonds is 2. The minimum absolute atomic E-state index is 0.182. The minimum atomic E-state index is -0.784. The minimum Gasteiger partial charge on any atom is -0.380 e. The molecule has 1 saturated carbocycles. The smallest absolute Gasteiger partial charge is 0.181 e. The second-order valence-electron chi connectivity index (χ2n) is 6.61. The summed E-state index contributed by atoms with van der Waals surface area (Å²) in [4.78, 5) is 0. The first kappa shape index (κ1) is 14.3. The van der Waals surface area contributed by atoms with Crippen molar-refractivity contribution in [2.75, 3.05) is 5.32 Å². The second kappa shape index (κ2) is 5.48. The Labute approximate surface area is 114 Å². The van der Waals surface area contributed by atoms with E-state index in [9.17, 15) is 8.78 Å². The molecule has 0 heterocycles. The molecule has 3 heteroatoms. The van der Waals surface area contributed by atoms with Crippen LogP contribution in [0, 0.1) is 23.0 Å². The molecule has 0 aliphatic heterocycles. The Kier molecular flexibility index (Phi) is 4.12. The van der Waals surface area contributed by atoms with Gasteiger partial charge in [-0.3, -0.25) is 0 Å². The highest BCUT2D eigenvalue weighted by molar-refractivity contribution is 5.46. The number of nitrogens with one attached hydrogen (secondary N) is 1. The van der Waals surface area contributed by atoms with Gasteiger partial charge in [-0.15, -0.1) is 0 Å². The number of hydrogen-bond acceptors (Lipinski definition) is 1. The molecule has 106 valence electrons. The van der Waals surface area contributed by atoms with Crippen LogP contribution >= 0.6 is 0 Å². The van der Waals surface area contributed by atoms with Gasteiger partial charge in [0.1, 0.15) is 0 Å². The van der Waals surface area contributed by atoms with Crippen LogP contribution in [0.3, 0.4) is 0 Å². The molecule has 0 bridgehead atoms. The van der Waals surface area contributed by atoms with Crippen LogP contribution in [0.4, 0.5) is 14.5 Å². The second-order valence-corrected chi connectivity index (χ2v) is 6.61. The SMILES string of the molecule is CC(C)(C)C1CCCCC1Nc1cccc(F)c1F. The zero-order valence-electron chi connectivity index (χ0n) is 12.0. The molecule has 1 aliphatic carbocycles. The van der Waals surface area contributed by atoms with Gasteiger partial charge in [0.05, 0.1) is 5.69 Å². The number of halogens is 2. The third-order valence-corrected chi connectivity index (χ3v) is 4.17. The fourth-order valence-electron chi connectivity index (χ4n) is 3.16.